The first-order valence-electron chi connectivity index (χ1n) is 15.0. The van der Waals surface area contributed by atoms with Gasteiger partial charge in [0.1, 0.15) is 4.75 Å². The van der Waals surface area contributed by atoms with Gasteiger partial charge in [0, 0.05) is 6.42 Å². The van der Waals surface area contributed by atoms with Gasteiger partial charge in [0.2, 0.25) is 0 Å². The second-order valence-electron chi connectivity index (χ2n) is 10.4. The van der Waals surface area contributed by atoms with Crippen molar-refractivity contribution in [1.29, 1.82) is 5.26 Å². The van der Waals surface area contributed by atoms with Crippen molar-refractivity contribution in [3.63, 3.8) is 0 Å². The third-order valence-corrected chi connectivity index (χ3v) is 8.38. The van der Waals surface area contributed by atoms with Crippen LogP contribution >= 0.6 is 24.0 Å². The molecule has 0 N–H and O–H groups in total. The summed E-state index contributed by atoms with van der Waals surface area (Å²) in [4.78, 5) is 12.2. The van der Waals surface area contributed by atoms with Crippen molar-refractivity contribution in [2.45, 2.75) is 154 Å². The second-order valence-corrected chi connectivity index (χ2v) is 12.6. The third-order valence-electron chi connectivity index (χ3n) is 6.73. The number of thioether (sulfide) groups is 1. The highest BCUT2D eigenvalue weighted by atomic mass is 32.2. The first-order chi connectivity index (χ1) is 17.9. The summed E-state index contributed by atoms with van der Waals surface area (Å²) in [6.07, 6.45) is 27.7. The van der Waals surface area contributed by atoms with E-state index in [9.17, 15) is 10.1 Å². The molecule has 0 spiro atoms. The Kier molecular flexibility index (Phi) is 24.4. The first kappa shape index (κ1) is 35.9. The summed E-state index contributed by atoms with van der Waals surface area (Å²) in [5, 5.41) is 9.68. The van der Waals surface area contributed by atoms with Crippen molar-refractivity contribution in [3.8, 4) is 6.07 Å². The quantitative estimate of drug-likeness (QED) is 0.0372. The lowest BCUT2D eigenvalue weighted by Gasteiger charge is -2.21. The molecular formula is C32H55NO2S2. The predicted molar refractivity (Wildman–Crippen MR) is 167 cm³/mol. The van der Waals surface area contributed by atoms with Gasteiger partial charge in [0.25, 0.3) is 0 Å². The topological polar surface area (TPSA) is 50.1 Å². The standard InChI is InChI=1S/C32H55NO2S2/c1-5-8-10-11-12-13-14-15-16-17-18-19-20-21-22-23-27-35-30(34)25-26-32(4,28-33)37-31(36)29(7-3)24-9-6-2/h7,24H,3,5-6,8-23,25-27H2,1-2,4H3/b29-24+. The summed E-state index contributed by atoms with van der Waals surface area (Å²) in [6.45, 7) is 10.5. The van der Waals surface area contributed by atoms with Gasteiger partial charge in [-0.15, -0.1) is 0 Å². The Morgan fingerprint density at radius 3 is 1.81 bits per heavy atom. The van der Waals surface area contributed by atoms with Gasteiger partial charge in [-0.1, -0.05) is 159 Å². The van der Waals surface area contributed by atoms with Crippen LogP contribution in [-0.2, 0) is 9.53 Å². The van der Waals surface area contributed by atoms with Crippen molar-refractivity contribution in [1.82, 2.24) is 0 Å². The number of thiocarbonyl (C=S) groups is 1. The van der Waals surface area contributed by atoms with E-state index in [0.717, 1.165) is 31.3 Å². The molecule has 0 aromatic rings. The van der Waals surface area contributed by atoms with Gasteiger partial charge in [-0.25, -0.2) is 0 Å². The van der Waals surface area contributed by atoms with Crippen LogP contribution in [0.25, 0.3) is 0 Å². The summed E-state index contributed by atoms with van der Waals surface area (Å²) in [6, 6.07) is 2.33. The van der Waals surface area contributed by atoms with Crippen molar-refractivity contribution >= 4 is 34.1 Å². The Morgan fingerprint density at radius 2 is 1.38 bits per heavy atom. The molecule has 0 heterocycles. The summed E-state index contributed by atoms with van der Waals surface area (Å²) in [7, 11) is 0. The van der Waals surface area contributed by atoms with E-state index >= 15 is 0 Å². The molecule has 0 aromatic carbocycles. The summed E-state index contributed by atoms with van der Waals surface area (Å²) in [5.74, 6) is -0.223. The molecule has 0 aliphatic carbocycles. The summed E-state index contributed by atoms with van der Waals surface area (Å²) < 4.78 is 5.32. The Bertz CT molecular complexity index is 683. The fraction of sp³-hybridized carbons (Fsp3) is 0.781. The number of carbonyl (C=O) groups excluding carboxylic acids is 1. The Labute approximate surface area is 239 Å². The SMILES string of the molecule is C=C/C(=C\CCC)C(=S)SC(C)(C#N)CCC(=O)OCCCCCCCCCCCCCCCCCC. The zero-order valence-electron chi connectivity index (χ0n) is 24.3. The molecule has 5 heteroatoms. The number of unbranched alkanes of at least 4 members (excludes halogenated alkanes) is 16. The average molecular weight is 550 g/mol. The van der Waals surface area contributed by atoms with Crippen LogP contribution in [0.3, 0.4) is 0 Å². The lowest BCUT2D eigenvalue weighted by atomic mass is 10.0. The van der Waals surface area contributed by atoms with E-state index in [0.29, 0.717) is 17.2 Å². The highest BCUT2D eigenvalue weighted by Gasteiger charge is 2.28. The van der Waals surface area contributed by atoms with Crippen LogP contribution in [0, 0.1) is 11.3 Å². The predicted octanol–water partition coefficient (Wildman–Crippen LogP) is 10.8. The van der Waals surface area contributed by atoms with Crippen LogP contribution in [-0.4, -0.2) is 21.5 Å². The smallest absolute Gasteiger partial charge is 0.305 e. The van der Waals surface area contributed by atoms with Crippen molar-refractivity contribution in [2.75, 3.05) is 6.61 Å². The second kappa shape index (κ2) is 25.2. The minimum atomic E-state index is -0.751. The van der Waals surface area contributed by atoms with E-state index < -0.39 is 4.75 Å². The Morgan fingerprint density at radius 1 is 0.892 bits per heavy atom. The van der Waals surface area contributed by atoms with E-state index in [1.165, 1.54) is 102 Å². The number of ether oxygens (including phenoxy) is 1. The Balaban J connectivity index is 3.75. The Hall–Kier alpha value is -1.12. The largest absolute Gasteiger partial charge is 0.466 e. The molecule has 0 saturated heterocycles. The van der Waals surface area contributed by atoms with Gasteiger partial charge < -0.3 is 4.74 Å². The first-order valence-corrected chi connectivity index (χ1v) is 16.3. The minimum Gasteiger partial charge on any atom is -0.466 e. The van der Waals surface area contributed by atoms with Crippen LogP contribution in [0.2, 0.25) is 0 Å². The van der Waals surface area contributed by atoms with E-state index in [1.807, 2.05) is 6.92 Å². The molecule has 1 unspecified atom stereocenters. The summed E-state index contributed by atoms with van der Waals surface area (Å²) >= 11 is 6.86. The average Bonchev–Trinajstić information content (AvgIpc) is 2.89. The number of esters is 1. The normalized spacial score (nSPS) is 13.1. The molecular weight excluding hydrogens is 494 g/mol. The number of hydrogen-bond acceptors (Lipinski definition) is 5. The van der Waals surface area contributed by atoms with E-state index in [4.69, 9.17) is 17.0 Å². The number of nitriles is 1. The molecule has 0 radical (unpaired) electrons. The molecule has 0 rings (SSSR count). The lowest BCUT2D eigenvalue weighted by Crippen LogP contribution is -2.22. The maximum atomic E-state index is 12.2. The maximum absolute atomic E-state index is 12.2. The zero-order valence-corrected chi connectivity index (χ0v) is 25.9. The van der Waals surface area contributed by atoms with Gasteiger partial charge in [0.05, 0.1) is 16.9 Å². The fourth-order valence-corrected chi connectivity index (χ4v) is 5.85. The van der Waals surface area contributed by atoms with Crippen molar-refractivity contribution < 1.29 is 9.53 Å². The molecule has 1 atom stereocenters. The van der Waals surface area contributed by atoms with Gasteiger partial charge in [-0.2, -0.15) is 5.26 Å². The lowest BCUT2D eigenvalue weighted by molar-refractivity contribution is -0.143. The zero-order chi connectivity index (χ0) is 27.6. The molecule has 0 aliphatic heterocycles. The van der Waals surface area contributed by atoms with Crippen molar-refractivity contribution in [3.05, 3.63) is 24.3 Å². The van der Waals surface area contributed by atoms with Gasteiger partial charge in [0.15, 0.2) is 0 Å². The number of hydrogen-bond donors (Lipinski definition) is 0. The minimum absolute atomic E-state index is 0.223. The van der Waals surface area contributed by atoms with Gasteiger partial charge >= 0.3 is 5.97 Å². The van der Waals surface area contributed by atoms with E-state index in [-0.39, 0.29) is 12.4 Å². The molecule has 37 heavy (non-hydrogen) atoms. The van der Waals surface area contributed by atoms with E-state index in [1.54, 1.807) is 6.08 Å². The fourth-order valence-electron chi connectivity index (χ4n) is 4.19. The third kappa shape index (κ3) is 21.5. The van der Waals surface area contributed by atoms with Crippen LogP contribution in [0.1, 0.15) is 149 Å². The highest BCUT2D eigenvalue weighted by Crippen LogP contribution is 2.33. The molecule has 212 valence electrons. The molecule has 0 saturated carbocycles. The number of allylic oxidation sites excluding steroid dienone is 2. The van der Waals surface area contributed by atoms with Gasteiger partial charge in [-0.3, -0.25) is 4.79 Å². The summed E-state index contributed by atoms with van der Waals surface area (Å²) in [5.41, 5.74) is 0.898. The molecule has 0 bridgehead atoms. The van der Waals surface area contributed by atoms with Crippen LogP contribution < -0.4 is 0 Å². The number of nitrogens with zero attached hydrogens (tertiary/aromatic N) is 1. The molecule has 0 fully saturated rings. The molecule has 0 aromatic heterocycles. The van der Waals surface area contributed by atoms with Crippen LogP contribution in [0.5, 0.6) is 0 Å². The van der Waals surface area contributed by atoms with Crippen LogP contribution in [0.15, 0.2) is 24.3 Å². The number of carbonyl (C=O) groups is 1. The van der Waals surface area contributed by atoms with Gasteiger partial charge in [-0.05, 0) is 31.8 Å². The monoisotopic (exact) mass is 549 g/mol. The van der Waals surface area contributed by atoms with Crippen LogP contribution in [0.4, 0.5) is 0 Å². The molecule has 0 amide bonds. The van der Waals surface area contributed by atoms with Crippen molar-refractivity contribution in [2.24, 2.45) is 0 Å². The number of rotatable bonds is 25. The van der Waals surface area contributed by atoms with E-state index in [2.05, 4.69) is 32.6 Å². The highest BCUT2D eigenvalue weighted by molar-refractivity contribution is 8.24. The molecule has 3 nitrogen and oxygen atoms in total. The molecule has 0 aliphatic rings. The maximum Gasteiger partial charge on any atom is 0.305 e.